The van der Waals surface area contributed by atoms with Crippen LogP contribution in [0.4, 0.5) is 17.8 Å². The number of terminal acetylenes is 1. The van der Waals surface area contributed by atoms with E-state index in [-0.39, 0.29) is 37.8 Å². The van der Waals surface area contributed by atoms with E-state index in [1.807, 2.05) is 25.8 Å². The van der Waals surface area contributed by atoms with Crippen LogP contribution in [0.2, 0.25) is 0 Å². The molecule has 3 aromatic rings. The van der Waals surface area contributed by atoms with Crippen molar-refractivity contribution in [1.82, 2.24) is 54.7 Å². The van der Waals surface area contributed by atoms with Gasteiger partial charge in [0.05, 0.1) is 50.8 Å². The summed E-state index contributed by atoms with van der Waals surface area (Å²) in [4.78, 5) is 60.5. The van der Waals surface area contributed by atoms with E-state index in [9.17, 15) is 14.4 Å². The Labute approximate surface area is 361 Å². The van der Waals surface area contributed by atoms with Crippen molar-refractivity contribution in [3.63, 3.8) is 0 Å². The minimum atomic E-state index is -0.926. The molecule has 2 aliphatic heterocycles. The second-order valence-electron chi connectivity index (χ2n) is 14.9. The van der Waals surface area contributed by atoms with Gasteiger partial charge in [-0.25, -0.2) is 9.36 Å². The van der Waals surface area contributed by atoms with Gasteiger partial charge in [-0.1, -0.05) is 16.3 Å². The number of rotatable bonds is 28. The standard InChI is InChI=1S/C39H62N16O7/c1-2-22-60-24-26-62-27-25-61-23-13-42-37-43-38(52-18-14-50(15-19-52)34(56)30-54-28-31(46-48-54)7-3-5-11-40)45-39(44-37)53-20-16-51(17-21-53)36(59)33(8-4-6-12-41)55-29-32(47-49-55)9-10-35(57)58/h1,28-29,33H,3-27,30,40-41H2,(H,57,58)(H,42,43,44,45). The molecule has 23 nitrogen and oxygen atoms in total. The number of nitrogens with two attached hydrogens (primary N) is 2. The molecule has 0 aliphatic carbocycles. The summed E-state index contributed by atoms with van der Waals surface area (Å²) >= 11 is 0. The number of carbonyl (C=O) groups is 3. The van der Waals surface area contributed by atoms with Crippen LogP contribution in [0.5, 0.6) is 0 Å². The van der Waals surface area contributed by atoms with E-state index >= 15 is 0 Å². The maximum absolute atomic E-state index is 14.0. The van der Waals surface area contributed by atoms with Gasteiger partial charge in [0, 0.05) is 77.7 Å². The molecule has 23 heteroatoms. The van der Waals surface area contributed by atoms with Gasteiger partial charge < -0.3 is 55.7 Å². The van der Waals surface area contributed by atoms with Crippen molar-refractivity contribution in [2.75, 3.05) is 127 Å². The van der Waals surface area contributed by atoms with Crippen molar-refractivity contribution in [3.05, 3.63) is 23.8 Å². The predicted molar refractivity (Wildman–Crippen MR) is 227 cm³/mol. The van der Waals surface area contributed by atoms with E-state index in [0.29, 0.717) is 135 Å². The smallest absolute Gasteiger partial charge is 0.303 e. The van der Waals surface area contributed by atoms with E-state index in [2.05, 4.69) is 31.9 Å². The monoisotopic (exact) mass is 866 g/mol. The Morgan fingerprint density at radius 3 is 2.03 bits per heavy atom. The highest BCUT2D eigenvalue weighted by atomic mass is 16.5. The Kier molecular flexibility index (Phi) is 20.0. The zero-order valence-electron chi connectivity index (χ0n) is 35.6. The summed E-state index contributed by atoms with van der Waals surface area (Å²) in [6, 6.07) is -0.592. The molecule has 62 heavy (non-hydrogen) atoms. The van der Waals surface area contributed by atoms with Crippen molar-refractivity contribution < 1.29 is 33.7 Å². The van der Waals surface area contributed by atoms with Gasteiger partial charge in [0.2, 0.25) is 29.7 Å². The number of aryl methyl sites for hydroxylation is 2. The molecular weight excluding hydrogens is 805 g/mol. The van der Waals surface area contributed by atoms with Gasteiger partial charge in [-0.2, -0.15) is 15.0 Å². The molecular formula is C39H62N16O7. The van der Waals surface area contributed by atoms with Crippen molar-refractivity contribution in [2.45, 2.75) is 64.0 Å². The van der Waals surface area contributed by atoms with Crippen LogP contribution >= 0.6 is 0 Å². The second-order valence-corrected chi connectivity index (χ2v) is 14.9. The maximum atomic E-state index is 14.0. The summed E-state index contributed by atoms with van der Waals surface area (Å²) in [5.41, 5.74) is 12.7. The Morgan fingerprint density at radius 2 is 1.37 bits per heavy atom. The first-order valence-electron chi connectivity index (χ1n) is 21.4. The molecule has 2 aliphatic rings. The lowest BCUT2D eigenvalue weighted by atomic mass is 10.1. The Morgan fingerprint density at radius 1 is 0.758 bits per heavy atom. The highest BCUT2D eigenvalue weighted by molar-refractivity contribution is 5.80. The molecule has 3 aromatic heterocycles. The molecule has 5 heterocycles. The van der Waals surface area contributed by atoms with Crippen LogP contribution < -0.4 is 26.6 Å². The van der Waals surface area contributed by atoms with E-state index in [1.54, 1.807) is 15.6 Å². The number of nitrogens with zero attached hydrogens (tertiary/aromatic N) is 13. The van der Waals surface area contributed by atoms with Gasteiger partial charge in [-0.3, -0.25) is 14.4 Å². The van der Waals surface area contributed by atoms with Gasteiger partial charge >= 0.3 is 5.97 Å². The average molecular weight is 867 g/mol. The normalized spacial score (nSPS) is 14.9. The van der Waals surface area contributed by atoms with Gasteiger partial charge in [0.25, 0.3) is 0 Å². The Balaban J connectivity index is 1.20. The molecule has 0 bridgehead atoms. The number of hydrogen-bond acceptors (Lipinski definition) is 18. The minimum absolute atomic E-state index is 0.0409. The topological polar surface area (TPSA) is 276 Å². The van der Waals surface area contributed by atoms with E-state index in [0.717, 1.165) is 37.8 Å². The van der Waals surface area contributed by atoms with Gasteiger partial charge in [0.15, 0.2) is 0 Å². The number of carbonyl (C=O) groups excluding carboxylic acids is 2. The van der Waals surface area contributed by atoms with Crippen LogP contribution in [0.1, 0.15) is 56.0 Å². The molecule has 340 valence electrons. The lowest BCUT2D eigenvalue weighted by molar-refractivity contribution is -0.137. The summed E-state index contributed by atoms with van der Waals surface area (Å²) in [5.74, 6) is 2.69. The fourth-order valence-corrected chi connectivity index (χ4v) is 6.90. The number of carboxylic acids is 1. The number of piperazine rings is 2. The lowest BCUT2D eigenvalue weighted by Gasteiger charge is -2.37. The molecule has 2 fully saturated rings. The molecule has 0 spiro atoms. The number of carboxylic acid groups (broad SMARTS) is 1. The van der Waals surface area contributed by atoms with E-state index < -0.39 is 12.0 Å². The van der Waals surface area contributed by atoms with E-state index in [1.165, 1.54) is 0 Å². The summed E-state index contributed by atoms with van der Waals surface area (Å²) in [6.45, 7) is 7.76. The average Bonchev–Trinajstić information content (AvgIpc) is 3.96. The highest BCUT2D eigenvalue weighted by Crippen LogP contribution is 2.23. The molecule has 0 radical (unpaired) electrons. The highest BCUT2D eigenvalue weighted by Gasteiger charge is 2.31. The number of hydrogen-bond donors (Lipinski definition) is 4. The first-order valence-corrected chi connectivity index (χ1v) is 21.4. The van der Waals surface area contributed by atoms with Crippen LogP contribution in [0.15, 0.2) is 12.4 Å². The zero-order valence-corrected chi connectivity index (χ0v) is 35.6. The second kappa shape index (κ2) is 26.1. The Bertz CT molecular complexity index is 1860. The first kappa shape index (κ1) is 47.5. The third-order valence-electron chi connectivity index (χ3n) is 10.3. The summed E-state index contributed by atoms with van der Waals surface area (Å²) in [6.07, 6.45) is 13.4. The SMILES string of the molecule is C#CCOCCOCCOCCNc1nc(N2CCN(C(=O)Cn3cc(CCCCN)nn3)CC2)nc(N2CCN(C(=O)C(CCCCN)n3cc(CCC(=O)O)nn3)CC2)n1. The zero-order chi connectivity index (χ0) is 43.9. The minimum Gasteiger partial charge on any atom is -0.481 e. The number of aliphatic carboxylic acids is 1. The summed E-state index contributed by atoms with van der Waals surface area (Å²) < 4.78 is 19.6. The van der Waals surface area contributed by atoms with Crippen molar-refractivity contribution >= 4 is 35.6 Å². The lowest BCUT2D eigenvalue weighted by Crippen LogP contribution is -2.51. The molecule has 0 aromatic carbocycles. The molecule has 1 unspecified atom stereocenters. The number of aromatic nitrogens is 9. The van der Waals surface area contributed by atoms with Crippen LogP contribution in [0, 0.1) is 12.3 Å². The maximum Gasteiger partial charge on any atom is 0.303 e. The fraction of sp³-hybridized carbons (Fsp3) is 0.692. The van der Waals surface area contributed by atoms with Gasteiger partial charge in [0.1, 0.15) is 19.2 Å². The van der Waals surface area contributed by atoms with Crippen LogP contribution in [0.3, 0.4) is 0 Å². The van der Waals surface area contributed by atoms with Gasteiger partial charge in [-0.05, 0) is 51.6 Å². The summed E-state index contributed by atoms with van der Waals surface area (Å²) in [5, 5.41) is 29.1. The quantitative estimate of drug-likeness (QED) is 0.0494. The number of ether oxygens (including phenoxy) is 3. The van der Waals surface area contributed by atoms with Gasteiger partial charge in [-0.15, -0.1) is 16.6 Å². The predicted octanol–water partition coefficient (Wildman–Crippen LogP) is -1.18. The molecule has 2 saturated heterocycles. The third-order valence-corrected chi connectivity index (χ3v) is 10.3. The molecule has 6 N–H and O–H groups in total. The number of anilines is 3. The number of unbranched alkanes of at least 4 members (excludes halogenated alkanes) is 2. The van der Waals surface area contributed by atoms with E-state index in [4.69, 9.17) is 52.2 Å². The van der Waals surface area contributed by atoms with Crippen molar-refractivity contribution in [2.24, 2.45) is 11.5 Å². The van der Waals surface area contributed by atoms with Crippen molar-refractivity contribution in [1.29, 1.82) is 0 Å². The largest absolute Gasteiger partial charge is 0.481 e. The molecule has 2 amide bonds. The third kappa shape index (κ3) is 15.4. The number of nitrogens with one attached hydrogen (secondary N) is 1. The van der Waals surface area contributed by atoms with Crippen LogP contribution in [-0.2, 0) is 48.0 Å². The van der Waals surface area contributed by atoms with Crippen LogP contribution in [-0.4, -0.2) is 189 Å². The van der Waals surface area contributed by atoms with Crippen LogP contribution in [0.25, 0.3) is 0 Å². The Hall–Kier alpha value is -5.54. The molecule has 1 atom stereocenters. The molecule has 5 rings (SSSR count). The molecule has 0 saturated carbocycles. The summed E-state index contributed by atoms with van der Waals surface area (Å²) in [7, 11) is 0. The first-order chi connectivity index (χ1) is 30.3. The fourth-order valence-electron chi connectivity index (χ4n) is 6.90. The number of amides is 2. The van der Waals surface area contributed by atoms with Crippen molar-refractivity contribution in [3.8, 4) is 12.3 Å².